The summed E-state index contributed by atoms with van der Waals surface area (Å²) in [6.07, 6.45) is 2.84. The van der Waals surface area contributed by atoms with Gasteiger partial charge in [-0.3, -0.25) is 0 Å². The number of thioether (sulfide) groups is 1. The predicted molar refractivity (Wildman–Crippen MR) is 68.8 cm³/mol. The van der Waals surface area contributed by atoms with E-state index in [-0.39, 0.29) is 0 Å². The van der Waals surface area contributed by atoms with Crippen LogP contribution in [0.2, 0.25) is 0 Å². The van der Waals surface area contributed by atoms with Crippen LogP contribution in [0.3, 0.4) is 0 Å². The van der Waals surface area contributed by atoms with Gasteiger partial charge in [0.1, 0.15) is 5.76 Å². The Balaban J connectivity index is 1.95. The topological polar surface area (TPSA) is 34.4 Å². The maximum atomic E-state index is 5.24. The quantitative estimate of drug-likeness (QED) is 0.676. The van der Waals surface area contributed by atoms with Gasteiger partial charge in [0.25, 0.3) is 0 Å². The molecule has 0 radical (unpaired) electrons. The summed E-state index contributed by atoms with van der Waals surface area (Å²) in [5, 5.41) is 4.01. The van der Waals surface area contributed by atoms with Crippen LogP contribution >= 0.6 is 11.8 Å². The maximum absolute atomic E-state index is 5.24. The molecule has 1 N–H and O–H groups in total. The smallest absolute Gasteiger partial charge is 0.117 e. The van der Waals surface area contributed by atoms with Crippen molar-refractivity contribution in [3.8, 4) is 0 Å². The molecule has 1 rings (SSSR count). The highest BCUT2D eigenvalue weighted by atomic mass is 32.2. The molecule has 1 heterocycles. The van der Waals surface area contributed by atoms with Crippen molar-refractivity contribution in [1.29, 1.82) is 0 Å². The lowest BCUT2D eigenvalue weighted by Gasteiger charge is -2.11. The van der Waals surface area contributed by atoms with Gasteiger partial charge < -0.3 is 14.5 Å². The first-order valence-electron chi connectivity index (χ1n) is 5.66. The van der Waals surface area contributed by atoms with Crippen molar-refractivity contribution in [2.75, 3.05) is 26.0 Å². The summed E-state index contributed by atoms with van der Waals surface area (Å²) in [4.78, 5) is 0. The second kappa shape index (κ2) is 8.67. The van der Waals surface area contributed by atoms with E-state index in [9.17, 15) is 0 Å². The molecule has 1 atom stereocenters. The average molecular weight is 243 g/mol. The van der Waals surface area contributed by atoms with Crippen LogP contribution in [0.1, 0.15) is 19.1 Å². The fourth-order valence-electron chi connectivity index (χ4n) is 1.36. The number of methoxy groups -OCH3 is 1. The van der Waals surface area contributed by atoms with Crippen molar-refractivity contribution in [3.63, 3.8) is 0 Å². The minimum atomic E-state index is 0.631. The summed E-state index contributed by atoms with van der Waals surface area (Å²) in [6, 6.07) is 3.91. The summed E-state index contributed by atoms with van der Waals surface area (Å²) < 4.78 is 10.3. The Bertz CT molecular complexity index is 252. The molecule has 0 aliphatic heterocycles. The molecule has 4 heteroatoms. The first kappa shape index (κ1) is 13.6. The third kappa shape index (κ3) is 6.20. The van der Waals surface area contributed by atoms with Crippen molar-refractivity contribution in [1.82, 2.24) is 5.32 Å². The van der Waals surface area contributed by atoms with Gasteiger partial charge in [-0.05, 0) is 24.3 Å². The molecule has 3 nitrogen and oxygen atoms in total. The normalized spacial score (nSPS) is 12.9. The molecule has 1 aromatic heterocycles. The Morgan fingerprint density at radius 1 is 1.56 bits per heavy atom. The number of furan rings is 1. The van der Waals surface area contributed by atoms with Gasteiger partial charge in [0.05, 0.1) is 12.8 Å². The van der Waals surface area contributed by atoms with E-state index in [1.165, 1.54) is 0 Å². The average Bonchev–Trinajstić information content (AvgIpc) is 2.77. The molecule has 0 aliphatic carbocycles. The number of nitrogens with one attached hydrogen (secondary N) is 1. The van der Waals surface area contributed by atoms with E-state index >= 15 is 0 Å². The summed E-state index contributed by atoms with van der Waals surface area (Å²) in [7, 11) is 1.75. The number of ether oxygens (including phenoxy) is 1. The van der Waals surface area contributed by atoms with Crippen LogP contribution in [0.15, 0.2) is 22.8 Å². The van der Waals surface area contributed by atoms with E-state index < -0.39 is 0 Å². The zero-order valence-corrected chi connectivity index (χ0v) is 10.9. The Kier molecular flexibility index (Phi) is 7.38. The Morgan fingerprint density at radius 3 is 3.12 bits per heavy atom. The van der Waals surface area contributed by atoms with E-state index in [1.54, 1.807) is 13.4 Å². The summed E-state index contributed by atoms with van der Waals surface area (Å²) in [5.74, 6) is 2.16. The first-order valence-corrected chi connectivity index (χ1v) is 6.71. The molecule has 0 aromatic carbocycles. The van der Waals surface area contributed by atoms with Crippen LogP contribution in [-0.4, -0.2) is 31.3 Å². The molecule has 0 amide bonds. The second-order valence-electron chi connectivity index (χ2n) is 3.74. The molecule has 0 aliphatic rings. The lowest BCUT2D eigenvalue weighted by atomic mass is 10.4. The van der Waals surface area contributed by atoms with Gasteiger partial charge in [-0.2, -0.15) is 11.8 Å². The minimum absolute atomic E-state index is 0.631. The molecule has 16 heavy (non-hydrogen) atoms. The fraction of sp³-hybridized carbons (Fsp3) is 0.667. The molecule has 0 saturated heterocycles. The molecule has 0 bridgehead atoms. The Labute approximate surface area is 102 Å². The summed E-state index contributed by atoms with van der Waals surface area (Å²) >= 11 is 1.98. The van der Waals surface area contributed by atoms with Gasteiger partial charge in [0, 0.05) is 25.5 Å². The third-order valence-electron chi connectivity index (χ3n) is 2.21. The second-order valence-corrected chi connectivity index (χ2v) is 5.28. The van der Waals surface area contributed by atoms with Gasteiger partial charge in [-0.25, -0.2) is 0 Å². The highest BCUT2D eigenvalue weighted by molar-refractivity contribution is 7.99. The van der Waals surface area contributed by atoms with Crippen LogP contribution in [0.4, 0.5) is 0 Å². The molecule has 92 valence electrons. The summed E-state index contributed by atoms with van der Waals surface area (Å²) in [5.41, 5.74) is 0. The maximum Gasteiger partial charge on any atom is 0.117 e. The lowest BCUT2D eigenvalue weighted by molar-refractivity contribution is 0.200. The monoisotopic (exact) mass is 243 g/mol. The van der Waals surface area contributed by atoms with Crippen molar-refractivity contribution in [2.24, 2.45) is 0 Å². The molecule has 0 saturated carbocycles. The molecular formula is C12H21NO2S. The molecule has 0 fully saturated rings. The van der Waals surface area contributed by atoms with Crippen LogP contribution < -0.4 is 5.32 Å². The standard InChI is InChI=1S/C12H21NO2S/c1-11(16-8-4-6-14-2)9-13-10-12-5-3-7-15-12/h3,5,7,11,13H,4,6,8-10H2,1-2H3. The summed E-state index contributed by atoms with van der Waals surface area (Å²) in [6.45, 7) is 4.93. The molecular weight excluding hydrogens is 222 g/mol. The highest BCUT2D eigenvalue weighted by Crippen LogP contribution is 2.10. The van der Waals surface area contributed by atoms with Crippen LogP contribution in [-0.2, 0) is 11.3 Å². The van der Waals surface area contributed by atoms with Crippen LogP contribution in [0, 0.1) is 0 Å². The van der Waals surface area contributed by atoms with E-state index in [0.717, 1.165) is 37.6 Å². The van der Waals surface area contributed by atoms with Crippen LogP contribution in [0.25, 0.3) is 0 Å². The first-order chi connectivity index (χ1) is 7.83. The van der Waals surface area contributed by atoms with Crippen molar-refractivity contribution < 1.29 is 9.15 Å². The van der Waals surface area contributed by atoms with E-state index in [4.69, 9.17) is 9.15 Å². The van der Waals surface area contributed by atoms with Gasteiger partial charge >= 0.3 is 0 Å². The van der Waals surface area contributed by atoms with Crippen molar-refractivity contribution >= 4 is 11.8 Å². The van der Waals surface area contributed by atoms with Crippen LogP contribution in [0.5, 0.6) is 0 Å². The number of hydrogen-bond acceptors (Lipinski definition) is 4. The fourth-order valence-corrected chi connectivity index (χ4v) is 2.28. The molecule has 1 aromatic rings. The van der Waals surface area contributed by atoms with E-state index in [2.05, 4.69) is 12.2 Å². The minimum Gasteiger partial charge on any atom is -0.468 e. The van der Waals surface area contributed by atoms with Crippen molar-refractivity contribution in [3.05, 3.63) is 24.2 Å². The largest absolute Gasteiger partial charge is 0.468 e. The van der Waals surface area contributed by atoms with E-state index in [0.29, 0.717) is 5.25 Å². The molecule has 0 spiro atoms. The van der Waals surface area contributed by atoms with Gasteiger partial charge in [-0.1, -0.05) is 6.92 Å². The zero-order chi connectivity index (χ0) is 11.6. The van der Waals surface area contributed by atoms with Gasteiger partial charge in [0.15, 0.2) is 0 Å². The number of rotatable bonds is 9. The van der Waals surface area contributed by atoms with Crippen molar-refractivity contribution in [2.45, 2.75) is 25.1 Å². The van der Waals surface area contributed by atoms with E-state index in [1.807, 2.05) is 23.9 Å². The Morgan fingerprint density at radius 2 is 2.44 bits per heavy atom. The SMILES string of the molecule is COCCCSC(C)CNCc1ccco1. The van der Waals surface area contributed by atoms with Gasteiger partial charge in [-0.15, -0.1) is 0 Å². The third-order valence-corrected chi connectivity index (χ3v) is 3.47. The lowest BCUT2D eigenvalue weighted by Crippen LogP contribution is -2.22. The Hall–Kier alpha value is -0.450. The highest BCUT2D eigenvalue weighted by Gasteiger charge is 2.02. The predicted octanol–water partition coefficient (Wildman–Crippen LogP) is 2.53. The molecule has 1 unspecified atom stereocenters. The zero-order valence-electron chi connectivity index (χ0n) is 10.1. The number of hydrogen-bond donors (Lipinski definition) is 1. The van der Waals surface area contributed by atoms with Gasteiger partial charge in [0.2, 0.25) is 0 Å².